The Morgan fingerprint density at radius 3 is 2.00 bits per heavy atom. The predicted octanol–water partition coefficient (Wildman–Crippen LogP) is 2.47. The standard InChI is InChI=1S/C17H30N2O6/c1-16(2,3)24-14(22)18-8-12-10-19(9-11(12)7-13(20)21)15(23)25-17(4,5)6/h11-12H,7-10H2,1-6H3,(H,18,22)(H,20,21)/t11-,12-/m1/s1. The van der Waals surface area contributed by atoms with Crippen LogP contribution in [0.2, 0.25) is 0 Å². The number of carboxylic acids is 1. The monoisotopic (exact) mass is 358 g/mol. The summed E-state index contributed by atoms with van der Waals surface area (Å²) in [5, 5.41) is 11.7. The van der Waals surface area contributed by atoms with Gasteiger partial charge in [-0.3, -0.25) is 4.79 Å². The molecule has 25 heavy (non-hydrogen) atoms. The first-order valence-corrected chi connectivity index (χ1v) is 8.43. The molecule has 8 heteroatoms. The smallest absolute Gasteiger partial charge is 0.410 e. The number of amides is 2. The number of carbonyl (C=O) groups excluding carboxylic acids is 2. The van der Waals surface area contributed by atoms with Gasteiger partial charge in [-0.25, -0.2) is 9.59 Å². The number of nitrogens with zero attached hydrogens (tertiary/aromatic N) is 1. The van der Waals surface area contributed by atoms with E-state index in [1.807, 2.05) is 0 Å². The van der Waals surface area contributed by atoms with Crippen LogP contribution in [-0.4, -0.2) is 59.0 Å². The Bertz CT molecular complexity index is 506. The minimum Gasteiger partial charge on any atom is -0.481 e. The van der Waals surface area contributed by atoms with Crippen molar-refractivity contribution in [2.75, 3.05) is 19.6 Å². The fourth-order valence-corrected chi connectivity index (χ4v) is 2.63. The molecule has 144 valence electrons. The van der Waals surface area contributed by atoms with Crippen LogP contribution in [0.25, 0.3) is 0 Å². The Balaban J connectivity index is 2.66. The number of alkyl carbamates (subject to hydrolysis) is 1. The molecule has 1 aliphatic rings. The van der Waals surface area contributed by atoms with Crippen molar-refractivity contribution in [2.45, 2.75) is 59.2 Å². The van der Waals surface area contributed by atoms with Gasteiger partial charge in [-0.2, -0.15) is 0 Å². The molecule has 8 nitrogen and oxygen atoms in total. The van der Waals surface area contributed by atoms with Crippen LogP contribution in [0.15, 0.2) is 0 Å². The van der Waals surface area contributed by atoms with Crippen LogP contribution in [0.5, 0.6) is 0 Å². The maximum absolute atomic E-state index is 12.2. The Morgan fingerprint density at radius 2 is 1.52 bits per heavy atom. The maximum Gasteiger partial charge on any atom is 0.410 e. The number of carboxylic acid groups (broad SMARTS) is 1. The summed E-state index contributed by atoms with van der Waals surface area (Å²) in [6, 6.07) is 0. The van der Waals surface area contributed by atoms with Gasteiger partial charge in [0.1, 0.15) is 11.2 Å². The fourth-order valence-electron chi connectivity index (χ4n) is 2.63. The van der Waals surface area contributed by atoms with Crippen LogP contribution in [0.4, 0.5) is 9.59 Å². The van der Waals surface area contributed by atoms with Gasteiger partial charge in [0.25, 0.3) is 0 Å². The molecule has 0 spiro atoms. The Labute approximate surface area is 148 Å². The minimum atomic E-state index is -0.932. The van der Waals surface area contributed by atoms with Crippen LogP contribution >= 0.6 is 0 Å². The second-order valence-corrected chi connectivity index (χ2v) is 8.39. The van der Waals surface area contributed by atoms with Crippen LogP contribution in [0.3, 0.4) is 0 Å². The van der Waals surface area contributed by atoms with E-state index in [1.165, 1.54) is 4.90 Å². The van der Waals surface area contributed by atoms with E-state index in [-0.39, 0.29) is 24.8 Å². The zero-order valence-electron chi connectivity index (χ0n) is 15.9. The highest BCUT2D eigenvalue weighted by Gasteiger charge is 2.38. The number of aliphatic carboxylic acids is 1. The summed E-state index contributed by atoms with van der Waals surface area (Å²) in [5.74, 6) is -1.35. The summed E-state index contributed by atoms with van der Waals surface area (Å²) in [5.41, 5.74) is -1.23. The van der Waals surface area contributed by atoms with Gasteiger partial charge < -0.3 is 24.8 Å². The lowest BCUT2D eigenvalue weighted by atomic mass is 9.93. The minimum absolute atomic E-state index is 0.0695. The van der Waals surface area contributed by atoms with Gasteiger partial charge >= 0.3 is 18.2 Å². The lowest BCUT2D eigenvalue weighted by molar-refractivity contribution is -0.138. The second kappa shape index (κ2) is 7.93. The van der Waals surface area contributed by atoms with E-state index in [1.54, 1.807) is 41.5 Å². The summed E-state index contributed by atoms with van der Waals surface area (Å²) in [7, 11) is 0. The number of hydrogen-bond acceptors (Lipinski definition) is 5. The van der Waals surface area contributed by atoms with Crippen LogP contribution < -0.4 is 5.32 Å². The molecule has 0 saturated carbocycles. The van der Waals surface area contributed by atoms with Crippen LogP contribution in [0.1, 0.15) is 48.0 Å². The average molecular weight is 358 g/mol. The second-order valence-electron chi connectivity index (χ2n) is 8.39. The topological polar surface area (TPSA) is 105 Å². The number of likely N-dealkylation sites (tertiary alicyclic amines) is 1. The van der Waals surface area contributed by atoms with Gasteiger partial charge in [0.15, 0.2) is 0 Å². The van der Waals surface area contributed by atoms with Crippen molar-refractivity contribution in [3.63, 3.8) is 0 Å². The number of carbonyl (C=O) groups is 3. The molecule has 1 saturated heterocycles. The van der Waals surface area contributed by atoms with Crippen molar-refractivity contribution >= 4 is 18.2 Å². The fraction of sp³-hybridized carbons (Fsp3) is 0.824. The zero-order chi connectivity index (χ0) is 19.4. The normalized spacial score (nSPS) is 21.0. The highest BCUT2D eigenvalue weighted by molar-refractivity contribution is 5.70. The third-order valence-corrected chi connectivity index (χ3v) is 3.57. The van der Waals surface area contributed by atoms with Gasteiger partial charge in [0, 0.05) is 19.6 Å². The zero-order valence-corrected chi connectivity index (χ0v) is 15.9. The first-order chi connectivity index (χ1) is 11.3. The molecule has 1 rings (SSSR count). The molecule has 0 aromatic heterocycles. The first kappa shape index (κ1) is 21.1. The molecule has 0 unspecified atom stereocenters. The Kier molecular flexibility index (Phi) is 6.68. The van der Waals surface area contributed by atoms with Gasteiger partial charge in [0.2, 0.25) is 0 Å². The summed E-state index contributed by atoms with van der Waals surface area (Å²) < 4.78 is 10.5. The molecule has 0 aromatic carbocycles. The highest BCUT2D eigenvalue weighted by Crippen LogP contribution is 2.27. The van der Waals surface area contributed by atoms with Gasteiger partial charge in [-0.1, -0.05) is 0 Å². The predicted molar refractivity (Wildman–Crippen MR) is 91.3 cm³/mol. The van der Waals surface area contributed by atoms with Crippen LogP contribution in [0, 0.1) is 11.8 Å². The first-order valence-electron chi connectivity index (χ1n) is 8.43. The van der Waals surface area contributed by atoms with Crippen molar-refractivity contribution in [2.24, 2.45) is 11.8 Å². The van der Waals surface area contributed by atoms with E-state index in [4.69, 9.17) is 14.6 Å². The SMILES string of the molecule is CC(C)(C)OC(=O)NC[C@@H]1CN(C(=O)OC(C)(C)C)C[C@H]1CC(=O)O. The van der Waals surface area contributed by atoms with Gasteiger partial charge in [-0.15, -0.1) is 0 Å². The third kappa shape index (κ3) is 8.09. The quantitative estimate of drug-likeness (QED) is 0.800. The lowest BCUT2D eigenvalue weighted by Crippen LogP contribution is -2.38. The van der Waals surface area contributed by atoms with Gasteiger partial charge in [-0.05, 0) is 53.4 Å². The molecule has 2 N–H and O–H groups in total. The highest BCUT2D eigenvalue weighted by atomic mass is 16.6. The molecule has 1 heterocycles. The van der Waals surface area contributed by atoms with E-state index in [0.717, 1.165) is 0 Å². The molecule has 0 aliphatic carbocycles. The van der Waals surface area contributed by atoms with Crippen molar-refractivity contribution in [1.82, 2.24) is 10.2 Å². The van der Waals surface area contributed by atoms with Crippen molar-refractivity contribution in [3.8, 4) is 0 Å². The average Bonchev–Trinajstić information content (AvgIpc) is 2.74. The summed E-state index contributed by atoms with van der Waals surface area (Å²) in [6.07, 6.45) is -1.10. The van der Waals surface area contributed by atoms with Crippen molar-refractivity contribution in [1.29, 1.82) is 0 Å². The molecule has 2 amide bonds. The molecule has 0 radical (unpaired) electrons. The van der Waals surface area contributed by atoms with E-state index in [2.05, 4.69) is 5.32 Å². The third-order valence-electron chi connectivity index (χ3n) is 3.57. The molecule has 0 bridgehead atoms. The lowest BCUT2D eigenvalue weighted by Gasteiger charge is -2.24. The molecule has 0 aromatic rings. The summed E-state index contributed by atoms with van der Waals surface area (Å²) in [6.45, 7) is 11.5. The van der Waals surface area contributed by atoms with Gasteiger partial charge in [0.05, 0.1) is 6.42 Å². The maximum atomic E-state index is 12.2. The molecule has 1 aliphatic heterocycles. The number of ether oxygens (including phenoxy) is 2. The molecule has 1 fully saturated rings. The molecular weight excluding hydrogens is 328 g/mol. The number of nitrogens with one attached hydrogen (secondary N) is 1. The number of rotatable bonds is 4. The van der Waals surface area contributed by atoms with E-state index in [0.29, 0.717) is 13.1 Å². The Morgan fingerprint density at radius 1 is 1.00 bits per heavy atom. The molecular formula is C17H30N2O6. The molecule has 2 atom stereocenters. The van der Waals surface area contributed by atoms with E-state index in [9.17, 15) is 14.4 Å². The van der Waals surface area contributed by atoms with Crippen LogP contribution in [-0.2, 0) is 14.3 Å². The number of hydrogen-bond donors (Lipinski definition) is 2. The van der Waals surface area contributed by atoms with Crippen molar-refractivity contribution < 1.29 is 29.0 Å². The summed E-state index contributed by atoms with van der Waals surface area (Å²) in [4.78, 5) is 36.6. The van der Waals surface area contributed by atoms with E-state index < -0.39 is 29.4 Å². The largest absolute Gasteiger partial charge is 0.481 e. The Hall–Kier alpha value is -1.99. The summed E-state index contributed by atoms with van der Waals surface area (Å²) >= 11 is 0. The van der Waals surface area contributed by atoms with Crippen molar-refractivity contribution in [3.05, 3.63) is 0 Å². The van der Waals surface area contributed by atoms with E-state index >= 15 is 0 Å².